The molecule has 0 saturated carbocycles. The van der Waals surface area contributed by atoms with Crippen molar-refractivity contribution >= 4 is 18.4 Å². The van der Waals surface area contributed by atoms with Crippen LogP contribution in [0.4, 0.5) is 0 Å². The Morgan fingerprint density at radius 1 is 1.37 bits per heavy atom. The quantitative estimate of drug-likeness (QED) is 0.792. The minimum Gasteiger partial charge on any atom is -0.461 e. The molecule has 0 amide bonds. The molecule has 1 aromatic carbocycles. The Balaban J connectivity index is 0.00000180. The van der Waals surface area contributed by atoms with Crippen molar-refractivity contribution in [2.24, 2.45) is 0 Å². The fraction of sp³-hybridized carbons (Fsp3) is 0.500. The molecule has 0 bridgehead atoms. The van der Waals surface area contributed by atoms with Gasteiger partial charge in [0.25, 0.3) is 0 Å². The van der Waals surface area contributed by atoms with Crippen LogP contribution >= 0.6 is 12.4 Å². The molecule has 1 aliphatic rings. The van der Waals surface area contributed by atoms with Gasteiger partial charge in [-0.1, -0.05) is 17.7 Å². The summed E-state index contributed by atoms with van der Waals surface area (Å²) in [4.78, 5) is 14.0. The molecule has 4 nitrogen and oxygen atoms in total. The zero-order valence-corrected chi connectivity index (χ0v) is 11.9. The number of carbonyl (C=O) groups is 1. The van der Waals surface area contributed by atoms with Crippen LogP contribution in [0, 0.1) is 6.92 Å². The van der Waals surface area contributed by atoms with Crippen molar-refractivity contribution in [2.75, 3.05) is 39.5 Å². The van der Waals surface area contributed by atoms with E-state index in [1.54, 1.807) is 6.07 Å². The smallest absolute Gasteiger partial charge is 0.338 e. The molecule has 0 radical (unpaired) electrons. The minimum atomic E-state index is -0.244. The average Bonchev–Trinajstić information content (AvgIpc) is 2.40. The van der Waals surface area contributed by atoms with Gasteiger partial charge in [-0.05, 0) is 19.1 Å². The van der Waals surface area contributed by atoms with Crippen molar-refractivity contribution < 1.29 is 14.3 Å². The second kappa shape index (κ2) is 8.15. The van der Waals surface area contributed by atoms with Crippen LogP contribution in [-0.4, -0.2) is 50.3 Å². The highest BCUT2D eigenvalue weighted by Crippen LogP contribution is 2.05. The number of hydrogen-bond donors (Lipinski definition) is 0. The standard InChI is InChI=1S/C14H19NO3.ClH/c1-12-3-2-4-13(11-12)14(16)18-10-7-15-5-8-17-9-6-15;/h2-4,11H,5-10H2,1H3;1H. The number of carbonyl (C=O) groups excluding carboxylic acids is 1. The van der Waals surface area contributed by atoms with E-state index in [1.807, 2.05) is 25.1 Å². The number of halogens is 1. The molecule has 0 atom stereocenters. The van der Waals surface area contributed by atoms with E-state index in [9.17, 15) is 4.79 Å². The monoisotopic (exact) mass is 285 g/mol. The number of hydrogen-bond acceptors (Lipinski definition) is 4. The molecule has 1 fully saturated rings. The summed E-state index contributed by atoms with van der Waals surface area (Å²) in [6.07, 6.45) is 0. The van der Waals surface area contributed by atoms with Gasteiger partial charge in [0, 0.05) is 19.6 Å². The summed E-state index contributed by atoms with van der Waals surface area (Å²) in [5.74, 6) is -0.244. The second-order valence-corrected chi connectivity index (χ2v) is 4.46. The maximum atomic E-state index is 11.8. The van der Waals surface area contributed by atoms with E-state index < -0.39 is 0 Å². The summed E-state index contributed by atoms with van der Waals surface area (Å²) < 4.78 is 10.5. The molecule has 0 aromatic heterocycles. The summed E-state index contributed by atoms with van der Waals surface area (Å²) >= 11 is 0. The minimum absolute atomic E-state index is 0. The van der Waals surface area contributed by atoms with Crippen molar-refractivity contribution in [2.45, 2.75) is 6.92 Å². The summed E-state index contributed by atoms with van der Waals surface area (Å²) in [5, 5.41) is 0. The Kier molecular flexibility index (Phi) is 6.84. The number of rotatable bonds is 4. The van der Waals surface area contributed by atoms with Crippen LogP contribution in [0.1, 0.15) is 15.9 Å². The molecule has 106 valence electrons. The number of esters is 1. The van der Waals surface area contributed by atoms with Crippen LogP contribution in [0.5, 0.6) is 0 Å². The van der Waals surface area contributed by atoms with Gasteiger partial charge < -0.3 is 9.47 Å². The van der Waals surface area contributed by atoms with Crippen molar-refractivity contribution in [3.63, 3.8) is 0 Å². The normalized spacial score (nSPS) is 15.6. The molecular weight excluding hydrogens is 266 g/mol. The van der Waals surface area contributed by atoms with E-state index in [-0.39, 0.29) is 18.4 Å². The zero-order valence-electron chi connectivity index (χ0n) is 11.1. The predicted octanol–water partition coefficient (Wildman–Crippen LogP) is 1.91. The summed E-state index contributed by atoms with van der Waals surface area (Å²) in [7, 11) is 0. The molecule has 5 heteroatoms. The number of benzene rings is 1. The molecule has 1 saturated heterocycles. The highest BCUT2D eigenvalue weighted by Gasteiger charge is 2.11. The van der Waals surface area contributed by atoms with Gasteiger partial charge in [-0.15, -0.1) is 12.4 Å². The highest BCUT2D eigenvalue weighted by atomic mass is 35.5. The van der Waals surface area contributed by atoms with Gasteiger partial charge in [0.2, 0.25) is 0 Å². The summed E-state index contributed by atoms with van der Waals surface area (Å²) in [6, 6.07) is 7.46. The van der Waals surface area contributed by atoms with E-state index in [0.29, 0.717) is 12.2 Å². The third-order valence-electron chi connectivity index (χ3n) is 3.00. The first-order valence-corrected chi connectivity index (χ1v) is 6.29. The van der Waals surface area contributed by atoms with Crippen LogP contribution in [0.15, 0.2) is 24.3 Å². The van der Waals surface area contributed by atoms with E-state index in [1.165, 1.54) is 0 Å². The van der Waals surface area contributed by atoms with Crippen LogP contribution in [0.25, 0.3) is 0 Å². The third-order valence-corrected chi connectivity index (χ3v) is 3.00. The Bertz CT molecular complexity index is 405. The Hall–Kier alpha value is -1.10. The van der Waals surface area contributed by atoms with E-state index >= 15 is 0 Å². The van der Waals surface area contributed by atoms with Gasteiger partial charge >= 0.3 is 5.97 Å². The Morgan fingerprint density at radius 3 is 2.79 bits per heavy atom. The largest absolute Gasteiger partial charge is 0.461 e. The fourth-order valence-electron chi connectivity index (χ4n) is 1.95. The molecule has 19 heavy (non-hydrogen) atoms. The molecule has 1 heterocycles. The maximum Gasteiger partial charge on any atom is 0.338 e. The highest BCUT2D eigenvalue weighted by molar-refractivity contribution is 5.89. The summed E-state index contributed by atoms with van der Waals surface area (Å²) in [5.41, 5.74) is 1.69. The first-order valence-electron chi connectivity index (χ1n) is 6.29. The van der Waals surface area contributed by atoms with Crippen LogP contribution < -0.4 is 0 Å². The number of morpholine rings is 1. The molecule has 0 aliphatic carbocycles. The SMILES string of the molecule is Cc1cccc(C(=O)OCCN2CCOCC2)c1.Cl. The van der Waals surface area contributed by atoms with Gasteiger partial charge in [0.15, 0.2) is 0 Å². The van der Waals surface area contributed by atoms with Crippen LogP contribution in [-0.2, 0) is 9.47 Å². The van der Waals surface area contributed by atoms with Gasteiger partial charge in [-0.3, -0.25) is 4.90 Å². The molecular formula is C14H20ClNO3. The van der Waals surface area contributed by atoms with Gasteiger partial charge in [-0.2, -0.15) is 0 Å². The van der Waals surface area contributed by atoms with Crippen molar-refractivity contribution in [1.82, 2.24) is 4.90 Å². The van der Waals surface area contributed by atoms with Gasteiger partial charge in [0.05, 0.1) is 18.8 Å². The van der Waals surface area contributed by atoms with Crippen molar-refractivity contribution in [3.8, 4) is 0 Å². The number of ether oxygens (including phenoxy) is 2. The van der Waals surface area contributed by atoms with Gasteiger partial charge in [-0.25, -0.2) is 4.79 Å². The maximum absolute atomic E-state index is 11.8. The average molecular weight is 286 g/mol. The first-order chi connectivity index (χ1) is 8.75. The third kappa shape index (κ3) is 5.19. The molecule has 0 N–H and O–H groups in total. The fourth-order valence-corrected chi connectivity index (χ4v) is 1.95. The first kappa shape index (κ1) is 16.0. The van der Waals surface area contributed by atoms with Crippen molar-refractivity contribution in [3.05, 3.63) is 35.4 Å². The Morgan fingerprint density at radius 2 is 2.11 bits per heavy atom. The zero-order chi connectivity index (χ0) is 12.8. The summed E-state index contributed by atoms with van der Waals surface area (Å²) in [6.45, 7) is 6.56. The lowest BCUT2D eigenvalue weighted by atomic mass is 10.1. The lowest BCUT2D eigenvalue weighted by molar-refractivity contribution is 0.0195. The van der Waals surface area contributed by atoms with Crippen LogP contribution in [0.3, 0.4) is 0 Å². The van der Waals surface area contributed by atoms with Gasteiger partial charge in [0.1, 0.15) is 6.61 Å². The topological polar surface area (TPSA) is 38.8 Å². The van der Waals surface area contributed by atoms with Crippen molar-refractivity contribution in [1.29, 1.82) is 0 Å². The van der Waals surface area contributed by atoms with Crippen LogP contribution in [0.2, 0.25) is 0 Å². The molecule has 0 spiro atoms. The number of nitrogens with zero attached hydrogens (tertiary/aromatic N) is 1. The number of aryl methyl sites for hydroxylation is 1. The molecule has 2 rings (SSSR count). The molecule has 1 aromatic rings. The lowest BCUT2D eigenvalue weighted by Gasteiger charge is -2.26. The molecule has 0 unspecified atom stereocenters. The van der Waals surface area contributed by atoms with E-state index in [2.05, 4.69) is 4.90 Å². The molecule has 1 aliphatic heterocycles. The Labute approximate surface area is 120 Å². The lowest BCUT2D eigenvalue weighted by Crippen LogP contribution is -2.38. The predicted molar refractivity (Wildman–Crippen MR) is 76.0 cm³/mol. The van der Waals surface area contributed by atoms with E-state index in [4.69, 9.17) is 9.47 Å². The van der Waals surface area contributed by atoms with E-state index in [0.717, 1.165) is 38.4 Å². The second-order valence-electron chi connectivity index (χ2n) is 4.46.